The highest BCUT2D eigenvalue weighted by Crippen LogP contribution is 2.52. The van der Waals surface area contributed by atoms with Crippen LogP contribution in [0.2, 0.25) is 0 Å². The molecule has 0 radical (unpaired) electrons. The van der Waals surface area contributed by atoms with Crippen LogP contribution in [0.4, 0.5) is 11.4 Å². The summed E-state index contributed by atoms with van der Waals surface area (Å²) in [5, 5.41) is 3.51. The second kappa shape index (κ2) is 7.67. The Labute approximate surface area is 198 Å². The van der Waals surface area contributed by atoms with E-state index < -0.39 is 11.1 Å². The van der Waals surface area contributed by atoms with Crippen molar-refractivity contribution in [3.63, 3.8) is 0 Å². The van der Waals surface area contributed by atoms with Gasteiger partial charge in [0.1, 0.15) is 17.2 Å². The maximum atomic E-state index is 13.3. The third-order valence-electron chi connectivity index (χ3n) is 6.75. The van der Waals surface area contributed by atoms with Crippen molar-refractivity contribution >= 4 is 23.2 Å². The Hall–Kier alpha value is -4.24. The first-order valence-electron chi connectivity index (χ1n) is 10.9. The van der Waals surface area contributed by atoms with Crippen molar-refractivity contribution in [3.05, 3.63) is 94.3 Å². The highest BCUT2D eigenvalue weighted by atomic mass is 16.5. The van der Waals surface area contributed by atoms with E-state index in [1.54, 1.807) is 37.4 Å². The SMILES string of the molecule is [C-]#[N+]c1ccc2c(c1)C(C)(C)C1(C=Cc3cc(C(=O)c4ccc(OC)cc4OC)ccc3O1)N2. The minimum Gasteiger partial charge on any atom is -0.497 e. The quantitative estimate of drug-likeness (QED) is 0.389. The maximum Gasteiger partial charge on any atom is 0.209 e. The van der Waals surface area contributed by atoms with Crippen LogP contribution >= 0.6 is 0 Å². The van der Waals surface area contributed by atoms with Gasteiger partial charge >= 0.3 is 0 Å². The number of methoxy groups -OCH3 is 2. The van der Waals surface area contributed by atoms with E-state index in [1.165, 1.54) is 7.11 Å². The topological polar surface area (TPSA) is 61.2 Å². The molecule has 0 saturated heterocycles. The lowest BCUT2D eigenvalue weighted by atomic mass is 9.76. The van der Waals surface area contributed by atoms with E-state index in [4.69, 9.17) is 20.8 Å². The van der Waals surface area contributed by atoms with Crippen molar-refractivity contribution < 1.29 is 19.0 Å². The molecule has 2 aliphatic rings. The lowest BCUT2D eigenvalue weighted by Crippen LogP contribution is -2.53. The Morgan fingerprint density at radius 1 is 1.03 bits per heavy atom. The Balaban J connectivity index is 1.48. The monoisotopic (exact) mass is 452 g/mol. The van der Waals surface area contributed by atoms with E-state index in [0.717, 1.165) is 16.8 Å². The molecule has 2 heterocycles. The molecule has 5 rings (SSSR count). The lowest BCUT2D eigenvalue weighted by molar-refractivity contribution is 0.0823. The molecule has 0 aromatic heterocycles. The maximum absolute atomic E-state index is 13.3. The molecule has 6 heteroatoms. The van der Waals surface area contributed by atoms with Gasteiger partial charge in [-0.15, -0.1) is 0 Å². The molecule has 0 amide bonds. The average molecular weight is 453 g/mol. The number of ether oxygens (including phenoxy) is 3. The smallest absolute Gasteiger partial charge is 0.209 e. The fourth-order valence-corrected chi connectivity index (χ4v) is 4.66. The van der Waals surface area contributed by atoms with Crippen molar-refractivity contribution in [2.45, 2.75) is 25.0 Å². The third kappa shape index (κ3) is 3.12. The van der Waals surface area contributed by atoms with E-state index in [2.05, 4.69) is 24.0 Å². The Morgan fingerprint density at radius 3 is 2.59 bits per heavy atom. The number of carbonyl (C=O) groups excluding carboxylic acids is 1. The summed E-state index contributed by atoms with van der Waals surface area (Å²) in [5.74, 6) is 1.62. The zero-order chi connectivity index (χ0) is 24.1. The number of ketones is 1. The second-order valence-electron chi connectivity index (χ2n) is 8.91. The summed E-state index contributed by atoms with van der Waals surface area (Å²) in [6.45, 7) is 11.5. The molecular formula is C28H24N2O4. The Morgan fingerprint density at radius 2 is 1.85 bits per heavy atom. The van der Waals surface area contributed by atoms with E-state index >= 15 is 0 Å². The van der Waals surface area contributed by atoms with Crippen LogP contribution in [0.15, 0.2) is 60.7 Å². The molecule has 2 aliphatic heterocycles. The molecule has 1 unspecified atom stereocenters. The summed E-state index contributed by atoms with van der Waals surface area (Å²) in [6.07, 6.45) is 3.98. The highest BCUT2D eigenvalue weighted by Gasteiger charge is 2.54. The molecule has 0 aliphatic carbocycles. The number of nitrogens with zero attached hydrogens (tertiary/aromatic N) is 1. The Bertz CT molecular complexity index is 1400. The first-order valence-corrected chi connectivity index (χ1v) is 10.9. The highest BCUT2D eigenvalue weighted by molar-refractivity contribution is 6.11. The third-order valence-corrected chi connectivity index (χ3v) is 6.75. The van der Waals surface area contributed by atoms with Gasteiger partial charge in [-0.3, -0.25) is 4.79 Å². The number of nitrogens with one attached hydrogen (secondary N) is 1. The van der Waals surface area contributed by atoms with Gasteiger partial charge in [-0.2, -0.15) is 0 Å². The van der Waals surface area contributed by atoms with Crippen molar-refractivity contribution in [2.24, 2.45) is 0 Å². The fraction of sp³-hybridized carbons (Fsp3) is 0.214. The molecule has 1 spiro atoms. The zero-order valence-electron chi connectivity index (χ0n) is 19.4. The predicted octanol–water partition coefficient (Wildman–Crippen LogP) is 5.99. The van der Waals surface area contributed by atoms with E-state index in [0.29, 0.717) is 34.1 Å². The van der Waals surface area contributed by atoms with Gasteiger partial charge in [0.2, 0.25) is 5.72 Å². The van der Waals surface area contributed by atoms with Gasteiger partial charge in [0, 0.05) is 22.9 Å². The summed E-state index contributed by atoms with van der Waals surface area (Å²) >= 11 is 0. The van der Waals surface area contributed by atoms with Crippen LogP contribution in [-0.2, 0) is 5.41 Å². The lowest BCUT2D eigenvalue weighted by Gasteiger charge is -2.41. The largest absolute Gasteiger partial charge is 0.497 e. The van der Waals surface area contributed by atoms with Crippen molar-refractivity contribution in [1.29, 1.82) is 0 Å². The summed E-state index contributed by atoms with van der Waals surface area (Å²) in [4.78, 5) is 16.8. The number of rotatable bonds is 4. The van der Waals surface area contributed by atoms with Gasteiger partial charge < -0.3 is 19.5 Å². The second-order valence-corrected chi connectivity index (χ2v) is 8.91. The van der Waals surface area contributed by atoms with Gasteiger partial charge in [0.25, 0.3) is 0 Å². The first-order chi connectivity index (χ1) is 16.3. The van der Waals surface area contributed by atoms with Crippen LogP contribution < -0.4 is 19.5 Å². The summed E-state index contributed by atoms with van der Waals surface area (Å²) in [7, 11) is 3.10. The van der Waals surface area contributed by atoms with Crippen LogP contribution in [0.1, 0.15) is 40.9 Å². The molecule has 0 bridgehead atoms. The fourth-order valence-electron chi connectivity index (χ4n) is 4.66. The molecule has 3 aromatic carbocycles. The van der Waals surface area contributed by atoms with Crippen LogP contribution in [0, 0.1) is 6.57 Å². The first kappa shape index (κ1) is 21.6. The van der Waals surface area contributed by atoms with E-state index in [-0.39, 0.29) is 5.78 Å². The molecule has 34 heavy (non-hydrogen) atoms. The molecule has 170 valence electrons. The number of hydrogen-bond acceptors (Lipinski definition) is 5. The van der Waals surface area contributed by atoms with Gasteiger partial charge in [-0.05, 0) is 68.0 Å². The summed E-state index contributed by atoms with van der Waals surface area (Å²) in [6, 6.07) is 16.2. The van der Waals surface area contributed by atoms with Gasteiger partial charge in [-0.1, -0.05) is 12.1 Å². The molecule has 0 fully saturated rings. The van der Waals surface area contributed by atoms with Gasteiger partial charge in [-0.25, -0.2) is 4.85 Å². The van der Waals surface area contributed by atoms with Crippen LogP contribution in [-0.4, -0.2) is 25.7 Å². The standard InChI is InChI=1S/C28H24N2O4/c1-27(2)22-15-19(29-3)7-10-23(22)30-28(27)13-12-17-14-18(6-11-24(17)34-28)26(31)21-9-8-20(32-4)16-25(21)33-5/h6-16,30H,1-2,4-5H3. The molecular weight excluding hydrogens is 428 g/mol. The number of hydrogen-bond donors (Lipinski definition) is 1. The van der Waals surface area contributed by atoms with Crippen LogP contribution in [0.25, 0.3) is 10.9 Å². The van der Waals surface area contributed by atoms with E-state index in [9.17, 15) is 4.79 Å². The molecule has 0 saturated carbocycles. The van der Waals surface area contributed by atoms with Crippen LogP contribution in [0.5, 0.6) is 17.2 Å². The Kier molecular flexibility index (Phi) is 4.87. The zero-order valence-corrected chi connectivity index (χ0v) is 19.4. The molecule has 3 aromatic rings. The van der Waals surface area contributed by atoms with Gasteiger partial charge in [0.05, 0.1) is 31.8 Å². The number of fused-ring (bicyclic) bond motifs is 2. The van der Waals surface area contributed by atoms with E-state index in [1.807, 2.05) is 36.4 Å². The van der Waals surface area contributed by atoms with Crippen LogP contribution in [0.3, 0.4) is 0 Å². The minimum atomic E-state index is -0.798. The minimum absolute atomic E-state index is 0.144. The summed E-state index contributed by atoms with van der Waals surface area (Å²) < 4.78 is 17.2. The number of anilines is 1. The molecule has 6 nitrogen and oxygen atoms in total. The molecule has 1 N–H and O–H groups in total. The average Bonchev–Trinajstić information content (AvgIpc) is 3.07. The normalized spacial score (nSPS) is 18.8. The van der Waals surface area contributed by atoms with Crippen molar-refractivity contribution in [2.75, 3.05) is 19.5 Å². The molecule has 1 atom stereocenters. The van der Waals surface area contributed by atoms with Gasteiger partial charge in [0.15, 0.2) is 11.5 Å². The number of benzene rings is 3. The van der Waals surface area contributed by atoms with Crippen molar-refractivity contribution in [1.82, 2.24) is 0 Å². The number of carbonyl (C=O) groups is 1. The summed E-state index contributed by atoms with van der Waals surface area (Å²) in [5.41, 5.74) is 3.18. The predicted molar refractivity (Wildman–Crippen MR) is 131 cm³/mol. The van der Waals surface area contributed by atoms with Crippen molar-refractivity contribution in [3.8, 4) is 17.2 Å².